The average Bonchev–Trinajstić information content (AvgIpc) is 3.17. The number of nitrogens with one attached hydrogen (secondary N) is 1. The second-order valence-electron chi connectivity index (χ2n) is 4.86. The quantitative estimate of drug-likeness (QED) is 0.881. The van der Waals surface area contributed by atoms with Crippen LogP contribution < -0.4 is 24.3 Å². The molecule has 19 heavy (non-hydrogen) atoms. The standard InChI is InChI=1S/C14H19NO4/c1-16-11-6-10-12(14(18-3)13(11)17-2)9(7-19-10)15-8-4-5-8/h6,8-9,15H,4-5,7H2,1-3H3. The van der Waals surface area contributed by atoms with Crippen molar-refractivity contribution in [3.05, 3.63) is 11.6 Å². The van der Waals surface area contributed by atoms with Gasteiger partial charge in [0, 0.05) is 12.1 Å². The van der Waals surface area contributed by atoms with Crippen LogP contribution in [0.25, 0.3) is 0 Å². The molecule has 0 spiro atoms. The second kappa shape index (κ2) is 4.81. The van der Waals surface area contributed by atoms with E-state index >= 15 is 0 Å². The molecule has 3 rings (SSSR count). The smallest absolute Gasteiger partial charge is 0.203 e. The molecule has 1 aromatic carbocycles. The molecule has 1 N–H and O–H groups in total. The number of methoxy groups -OCH3 is 3. The first-order valence-electron chi connectivity index (χ1n) is 6.50. The van der Waals surface area contributed by atoms with Gasteiger partial charge in [0.1, 0.15) is 12.4 Å². The zero-order valence-electron chi connectivity index (χ0n) is 11.5. The van der Waals surface area contributed by atoms with Crippen LogP contribution in [0, 0.1) is 0 Å². The Bertz CT molecular complexity index is 485. The first-order chi connectivity index (χ1) is 9.28. The Kier molecular flexibility index (Phi) is 3.14. The molecule has 0 amide bonds. The van der Waals surface area contributed by atoms with Gasteiger partial charge in [0.2, 0.25) is 5.75 Å². The van der Waals surface area contributed by atoms with Gasteiger partial charge in [-0.2, -0.15) is 0 Å². The molecule has 0 bridgehead atoms. The molecule has 1 unspecified atom stereocenters. The molecule has 0 aromatic heterocycles. The molecule has 1 fully saturated rings. The van der Waals surface area contributed by atoms with Crippen LogP contribution >= 0.6 is 0 Å². The van der Waals surface area contributed by atoms with Crippen molar-refractivity contribution in [2.24, 2.45) is 0 Å². The van der Waals surface area contributed by atoms with Crippen LogP contribution in [-0.4, -0.2) is 34.0 Å². The van der Waals surface area contributed by atoms with Crippen molar-refractivity contribution in [2.45, 2.75) is 24.9 Å². The third kappa shape index (κ3) is 2.08. The zero-order valence-corrected chi connectivity index (χ0v) is 11.5. The van der Waals surface area contributed by atoms with Crippen LogP contribution in [0.2, 0.25) is 0 Å². The fourth-order valence-corrected chi connectivity index (χ4v) is 2.53. The summed E-state index contributed by atoms with van der Waals surface area (Å²) < 4.78 is 22.0. The Morgan fingerprint density at radius 1 is 1.11 bits per heavy atom. The highest BCUT2D eigenvalue weighted by Gasteiger charge is 2.35. The van der Waals surface area contributed by atoms with Gasteiger partial charge in [-0.05, 0) is 12.8 Å². The van der Waals surface area contributed by atoms with Gasteiger partial charge in [-0.15, -0.1) is 0 Å². The Morgan fingerprint density at radius 3 is 2.42 bits per heavy atom. The summed E-state index contributed by atoms with van der Waals surface area (Å²) in [5.74, 6) is 2.77. The second-order valence-corrected chi connectivity index (χ2v) is 4.86. The van der Waals surface area contributed by atoms with Gasteiger partial charge < -0.3 is 24.3 Å². The highest BCUT2D eigenvalue weighted by atomic mass is 16.5. The van der Waals surface area contributed by atoms with Gasteiger partial charge in [0.15, 0.2) is 11.5 Å². The van der Waals surface area contributed by atoms with Gasteiger partial charge in [0.05, 0.1) is 32.9 Å². The maximum Gasteiger partial charge on any atom is 0.203 e. The molecule has 1 atom stereocenters. The number of rotatable bonds is 5. The minimum atomic E-state index is 0.164. The summed E-state index contributed by atoms with van der Waals surface area (Å²) in [6.45, 7) is 0.624. The third-order valence-electron chi connectivity index (χ3n) is 3.60. The zero-order chi connectivity index (χ0) is 13.4. The van der Waals surface area contributed by atoms with Crippen molar-refractivity contribution in [1.82, 2.24) is 5.32 Å². The molecule has 104 valence electrons. The van der Waals surface area contributed by atoms with Crippen molar-refractivity contribution < 1.29 is 18.9 Å². The summed E-state index contributed by atoms with van der Waals surface area (Å²) in [6, 6.07) is 2.64. The summed E-state index contributed by atoms with van der Waals surface area (Å²) in [5.41, 5.74) is 1.03. The molecule has 1 aliphatic carbocycles. The lowest BCUT2D eigenvalue weighted by atomic mass is 10.1. The third-order valence-corrected chi connectivity index (χ3v) is 3.60. The summed E-state index contributed by atoms with van der Waals surface area (Å²) in [6.07, 6.45) is 2.48. The average molecular weight is 265 g/mol. The van der Waals surface area contributed by atoms with E-state index in [1.807, 2.05) is 6.07 Å². The van der Waals surface area contributed by atoms with Gasteiger partial charge in [-0.25, -0.2) is 0 Å². The Hall–Kier alpha value is -1.62. The fraction of sp³-hybridized carbons (Fsp3) is 0.571. The lowest BCUT2D eigenvalue weighted by Gasteiger charge is -2.18. The van der Waals surface area contributed by atoms with E-state index in [2.05, 4.69) is 5.32 Å². The van der Waals surface area contributed by atoms with Crippen LogP contribution in [0.15, 0.2) is 6.07 Å². The molecular formula is C14H19NO4. The van der Waals surface area contributed by atoms with E-state index in [-0.39, 0.29) is 6.04 Å². The largest absolute Gasteiger partial charge is 0.493 e. The van der Waals surface area contributed by atoms with Gasteiger partial charge in [-0.3, -0.25) is 0 Å². The Balaban J connectivity index is 2.04. The van der Waals surface area contributed by atoms with Gasteiger partial charge >= 0.3 is 0 Å². The summed E-state index contributed by atoms with van der Waals surface area (Å²) >= 11 is 0. The number of benzene rings is 1. The van der Waals surface area contributed by atoms with Crippen LogP contribution in [0.5, 0.6) is 23.0 Å². The van der Waals surface area contributed by atoms with E-state index in [1.165, 1.54) is 12.8 Å². The van der Waals surface area contributed by atoms with Crippen molar-refractivity contribution in [3.8, 4) is 23.0 Å². The van der Waals surface area contributed by atoms with Crippen molar-refractivity contribution in [1.29, 1.82) is 0 Å². The minimum Gasteiger partial charge on any atom is -0.493 e. The molecule has 5 heteroatoms. The summed E-state index contributed by atoms with van der Waals surface area (Å²) in [7, 11) is 4.87. The lowest BCUT2D eigenvalue weighted by molar-refractivity contribution is 0.308. The number of hydrogen-bond acceptors (Lipinski definition) is 5. The van der Waals surface area contributed by atoms with E-state index in [4.69, 9.17) is 18.9 Å². The van der Waals surface area contributed by atoms with Crippen molar-refractivity contribution in [2.75, 3.05) is 27.9 Å². The molecule has 5 nitrogen and oxygen atoms in total. The Morgan fingerprint density at radius 2 is 1.84 bits per heavy atom. The number of hydrogen-bond donors (Lipinski definition) is 1. The lowest BCUT2D eigenvalue weighted by Crippen LogP contribution is -2.24. The number of fused-ring (bicyclic) bond motifs is 1. The van der Waals surface area contributed by atoms with Crippen molar-refractivity contribution in [3.63, 3.8) is 0 Å². The SMILES string of the molecule is COc1cc2c(c(OC)c1OC)C(NC1CC1)CO2. The van der Waals surface area contributed by atoms with Crippen LogP contribution in [0.4, 0.5) is 0 Å². The first-order valence-corrected chi connectivity index (χ1v) is 6.50. The monoisotopic (exact) mass is 265 g/mol. The van der Waals surface area contributed by atoms with E-state index in [1.54, 1.807) is 21.3 Å². The maximum absolute atomic E-state index is 5.75. The van der Waals surface area contributed by atoms with E-state index in [9.17, 15) is 0 Å². The molecule has 1 aromatic rings. The van der Waals surface area contributed by atoms with Crippen LogP contribution in [0.3, 0.4) is 0 Å². The first kappa shape index (κ1) is 12.4. The normalized spacial score (nSPS) is 20.7. The molecule has 1 heterocycles. The van der Waals surface area contributed by atoms with Gasteiger partial charge in [0.25, 0.3) is 0 Å². The predicted octanol–water partition coefficient (Wildman–Crippen LogP) is 1.90. The van der Waals surface area contributed by atoms with E-state index < -0.39 is 0 Å². The fourth-order valence-electron chi connectivity index (χ4n) is 2.53. The Labute approximate surface area is 112 Å². The van der Waals surface area contributed by atoms with Gasteiger partial charge in [-0.1, -0.05) is 0 Å². The minimum absolute atomic E-state index is 0.164. The molecule has 1 aliphatic heterocycles. The molecular weight excluding hydrogens is 246 g/mol. The topological polar surface area (TPSA) is 49.0 Å². The highest BCUT2D eigenvalue weighted by Crippen LogP contribution is 2.50. The molecule has 0 saturated heterocycles. The highest BCUT2D eigenvalue weighted by molar-refractivity contribution is 5.64. The van der Waals surface area contributed by atoms with Crippen LogP contribution in [0.1, 0.15) is 24.4 Å². The molecule has 1 saturated carbocycles. The summed E-state index contributed by atoms with van der Waals surface area (Å²) in [5, 5.41) is 3.57. The molecule has 2 aliphatic rings. The summed E-state index contributed by atoms with van der Waals surface area (Å²) in [4.78, 5) is 0. The molecule has 0 radical (unpaired) electrons. The van der Waals surface area contributed by atoms with Crippen LogP contribution in [-0.2, 0) is 0 Å². The number of ether oxygens (including phenoxy) is 4. The maximum atomic E-state index is 5.75. The predicted molar refractivity (Wildman–Crippen MR) is 70.5 cm³/mol. The van der Waals surface area contributed by atoms with Crippen molar-refractivity contribution >= 4 is 0 Å². The van der Waals surface area contributed by atoms with E-state index in [0.29, 0.717) is 29.9 Å². The van der Waals surface area contributed by atoms with E-state index in [0.717, 1.165) is 11.3 Å².